The lowest BCUT2D eigenvalue weighted by Crippen LogP contribution is -2.72. The van der Waals surface area contributed by atoms with Crippen LogP contribution in [-0.2, 0) is 0 Å². The van der Waals surface area contributed by atoms with Crippen molar-refractivity contribution < 1.29 is 37.2 Å². The average molecular weight is 475 g/mol. The second kappa shape index (κ2) is 8.30. The number of Topliss-reactive ketones (excluding diaryl/α,β-unsaturated/α-hetero) is 1. The van der Waals surface area contributed by atoms with Gasteiger partial charge in [0, 0.05) is 11.6 Å². The molecule has 34 heavy (non-hydrogen) atoms. The van der Waals surface area contributed by atoms with Crippen LogP contribution in [0, 0.1) is 16.0 Å². The van der Waals surface area contributed by atoms with Gasteiger partial charge in [-0.15, -0.1) is 0 Å². The van der Waals surface area contributed by atoms with Crippen LogP contribution < -0.4 is 10.6 Å². The van der Waals surface area contributed by atoms with E-state index in [0.29, 0.717) is 0 Å². The Labute approximate surface area is 189 Å². The maximum Gasteiger partial charge on any atom is 0.437 e. The molecule has 1 aromatic heterocycles. The molecule has 1 aliphatic rings. The zero-order valence-electron chi connectivity index (χ0n) is 17.1. The molecule has 0 bridgehead atoms. The van der Waals surface area contributed by atoms with Crippen molar-refractivity contribution in [1.29, 1.82) is 0 Å². The van der Waals surface area contributed by atoms with E-state index in [2.05, 4.69) is 5.32 Å². The number of nitro benzene ring substituents is 1. The Kier molecular flexibility index (Phi) is 5.61. The first kappa shape index (κ1) is 23.0. The molecule has 4 rings (SSSR count). The molecule has 12 heteroatoms. The molecule has 1 fully saturated rings. The molecule has 0 saturated carbocycles. The van der Waals surface area contributed by atoms with Crippen molar-refractivity contribution in [1.82, 2.24) is 10.6 Å². The van der Waals surface area contributed by atoms with Gasteiger partial charge in [0.1, 0.15) is 23.5 Å². The highest BCUT2D eigenvalue weighted by Gasteiger charge is 2.66. The Morgan fingerprint density at radius 3 is 2.35 bits per heavy atom. The summed E-state index contributed by atoms with van der Waals surface area (Å²) in [7, 11) is 0. The zero-order valence-corrected chi connectivity index (χ0v) is 17.1. The van der Waals surface area contributed by atoms with Gasteiger partial charge in [0.25, 0.3) is 5.69 Å². The van der Waals surface area contributed by atoms with E-state index in [9.17, 15) is 38.0 Å². The van der Waals surface area contributed by atoms with Crippen molar-refractivity contribution in [2.24, 2.45) is 5.92 Å². The normalized spacial score (nSPS) is 22.5. The Morgan fingerprint density at radius 1 is 1.06 bits per heavy atom. The van der Waals surface area contributed by atoms with E-state index in [1.165, 1.54) is 66.0 Å². The Morgan fingerprint density at radius 2 is 1.71 bits per heavy atom. The maximum absolute atomic E-state index is 14.0. The molecular formula is C22H16F3N3O6. The molecule has 0 radical (unpaired) electrons. The van der Waals surface area contributed by atoms with Crippen molar-refractivity contribution in [2.75, 3.05) is 0 Å². The quantitative estimate of drug-likeness (QED) is 0.291. The predicted molar refractivity (Wildman–Crippen MR) is 110 cm³/mol. The van der Waals surface area contributed by atoms with Gasteiger partial charge in [0.05, 0.1) is 10.5 Å². The van der Waals surface area contributed by atoms with Crippen LogP contribution in [-0.4, -0.2) is 33.7 Å². The zero-order chi connectivity index (χ0) is 24.7. The predicted octanol–water partition coefficient (Wildman–Crippen LogP) is 3.96. The summed E-state index contributed by atoms with van der Waals surface area (Å²) in [6.07, 6.45) is -5.42. The minimum Gasteiger partial charge on any atom is -0.459 e. The van der Waals surface area contributed by atoms with E-state index in [0.717, 1.165) is 0 Å². The summed E-state index contributed by atoms with van der Waals surface area (Å²) < 4.78 is 47.5. The number of hydrogen-bond acceptors (Lipinski definition) is 6. The first-order valence-electron chi connectivity index (χ1n) is 9.83. The number of furan rings is 1. The molecule has 0 aliphatic carbocycles. The van der Waals surface area contributed by atoms with E-state index >= 15 is 0 Å². The van der Waals surface area contributed by atoms with Crippen molar-refractivity contribution >= 4 is 17.5 Å². The molecular weight excluding hydrogens is 459 g/mol. The number of amides is 2. The fraction of sp³-hybridized carbons (Fsp3) is 0.182. The number of benzene rings is 2. The third-order valence-corrected chi connectivity index (χ3v) is 5.45. The number of rotatable bonds is 5. The van der Waals surface area contributed by atoms with Crippen LogP contribution in [0.1, 0.15) is 22.2 Å². The minimum atomic E-state index is -5.42. The van der Waals surface area contributed by atoms with E-state index in [1.807, 2.05) is 0 Å². The Hall–Kier alpha value is -4.19. The number of carbonyl (C=O) groups is 2. The van der Waals surface area contributed by atoms with Crippen LogP contribution >= 0.6 is 0 Å². The van der Waals surface area contributed by atoms with Crippen LogP contribution in [0.3, 0.4) is 0 Å². The highest BCUT2D eigenvalue weighted by molar-refractivity contribution is 6.00. The average Bonchev–Trinajstić information content (AvgIpc) is 3.28. The molecule has 3 aromatic rings. The van der Waals surface area contributed by atoms with Crippen LogP contribution in [0.4, 0.5) is 23.7 Å². The van der Waals surface area contributed by atoms with E-state index in [-0.39, 0.29) is 28.3 Å². The van der Waals surface area contributed by atoms with Crippen LogP contribution in [0.25, 0.3) is 11.3 Å². The Balaban J connectivity index is 1.83. The molecule has 1 aliphatic heterocycles. The largest absolute Gasteiger partial charge is 0.459 e. The van der Waals surface area contributed by atoms with Gasteiger partial charge in [-0.05, 0) is 18.2 Å². The number of alkyl halides is 3. The van der Waals surface area contributed by atoms with Crippen LogP contribution in [0.2, 0.25) is 0 Å². The number of aliphatic hydroxyl groups is 1. The summed E-state index contributed by atoms with van der Waals surface area (Å²) in [5.41, 5.74) is -4.33. The summed E-state index contributed by atoms with van der Waals surface area (Å²) in [6, 6.07) is 11.8. The number of carbonyl (C=O) groups excluding carboxylic acids is 2. The Bertz CT molecular complexity index is 1260. The monoisotopic (exact) mass is 475 g/mol. The number of nitrogens with one attached hydrogen (secondary N) is 2. The smallest absolute Gasteiger partial charge is 0.437 e. The number of halogens is 3. The summed E-state index contributed by atoms with van der Waals surface area (Å²) in [5, 5.41) is 25.6. The summed E-state index contributed by atoms with van der Waals surface area (Å²) in [4.78, 5) is 36.0. The van der Waals surface area contributed by atoms with Gasteiger partial charge in [0.15, 0.2) is 5.78 Å². The lowest BCUT2D eigenvalue weighted by atomic mass is 9.79. The maximum atomic E-state index is 14.0. The van der Waals surface area contributed by atoms with Gasteiger partial charge in [-0.3, -0.25) is 14.9 Å². The van der Waals surface area contributed by atoms with Gasteiger partial charge in [-0.25, -0.2) is 4.79 Å². The van der Waals surface area contributed by atoms with Gasteiger partial charge < -0.3 is 20.2 Å². The molecule has 0 unspecified atom stereocenters. The number of para-hydroxylation sites is 1. The SMILES string of the molecule is O=C1N[C@@H](c2ccc(-c3ccccc3[N+](=O)[O-])o2)[C@H](C(=O)c2ccccc2)[C@](O)(C(F)(F)F)N1. The lowest BCUT2D eigenvalue weighted by Gasteiger charge is -2.44. The summed E-state index contributed by atoms with van der Waals surface area (Å²) >= 11 is 0. The minimum absolute atomic E-state index is 0.0380. The van der Waals surface area contributed by atoms with Gasteiger partial charge in [-0.1, -0.05) is 42.5 Å². The van der Waals surface area contributed by atoms with Crippen molar-refractivity contribution in [2.45, 2.75) is 17.9 Å². The third kappa shape index (κ3) is 3.88. The van der Waals surface area contributed by atoms with Crippen molar-refractivity contribution in [3.63, 3.8) is 0 Å². The topological polar surface area (TPSA) is 135 Å². The highest BCUT2D eigenvalue weighted by atomic mass is 19.4. The molecule has 9 nitrogen and oxygen atoms in total. The molecule has 3 N–H and O–H groups in total. The standard InChI is InChI=1S/C22H16F3N3O6/c23-22(24,25)21(31)17(19(29)12-6-2-1-3-7-12)18(26-20(30)27-21)16-11-10-15(34-16)13-8-4-5-9-14(13)28(32)33/h1-11,17-18,31H,(H2,26,27,30)/t17-,18+,21+/m1/s1. The third-order valence-electron chi connectivity index (χ3n) is 5.45. The number of ketones is 1. The molecule has 3 atom stereocenters. The van der Waals surface area contributed by atoms with Crippen molar-refractivity contribution in [3.05, 3.63) is 88.2 Å². The number of urea groups is 1. The molecule has 2 amide bonds. The summed E-state index contributed by atoms with van der Waals surface area (Å²) in [5.74, 6) is -3.77. The lowest BCUT2D eigenvalue weighted by molar-refractivity contribution is -0.384. The molecule has 2 heterocycles. The van der Waals surface area contributed by atoms with Crippen LogP contribution in [0.15, 0.2) is 71.1 Å². The van der Waals surface area contributed by atoms with E-state index in [4.69, 9.17) is 4.42 Å². The van der Waals surface area contributed by atoms with Gasteiger partial charge in [-0.2, -0.15) is 13.2 Å². The van der Waals surface area contributed by atoms with Gasteiger partial charge in [0.2, 0.25) is 5.72 Å². The highest BCUT2D eigenvalue weighted by Crippen LogP contribution is 2.45. The van der Waals surface area contributed by atoms with E-state index < -0.39 is 40.6 Å². The molecule has 1 saturated heterocycles. The number of hydrogen-bond donors (Lipinski definition) is 3. The van der Waals surface area contributed by atoms with Crippen LogP contribution in [0.5, 0.6) is 0 Å². The molecule has 0 spiro atoms. The molecule has 176 valence electrons. The first-order valence-corrected chi connectivity index (χ1v) is 9.83. The van der Waals surface area contributed by atoms with Gasteiger partial charge >= 0.3 is 12.2 Å². The van der Waals surface area contributed by atoms with Crippen molar-refractivity contribution in [3.8, 4) is 11.3 Å². The molecule has 2 aromatic carbocycles. The fourth-order valence-corrected chi connectivity index (χ4v) is 3.86. The first-order chi connectivity index (χ1) is 16.0. The van der Waals surface area contributed by atoms with E-state index in [1.54, 1.807) is 6.07 Å². The fourth-order valence-electron chi connectivity index (χ4n) is 3.86. The summed E-state index contributed by atoms with van der Waals surface area (Å²) in [6.45, 7) is 0. The number of nitro groups is 1. The number of nitrogens with zero attached hydrogens (tertiary/aromatic N) is 1. The second-order valence-electron chi connectivity index (χ2n) is 7.52. The second-order valence-corrected chi connectivity index (χ2v) is 7.52.